The monoisotopic (exact) mass is 244 g/mol. The fourth-order valence-electron chi connectivity index (χ4n) is 0.979. The average molecular weight is 245 g/mol. The van der Waals surface area contributed by atoms with Crippen LogP contribution >= 0.6 is 11.6 Å². The number of hydrogen-bond donors (Lipinski definition) is 2. The summed E-state index contributed by atoms with van der Waals surface area (Å²) in [5.41, 5.74) is 10.2. The van der Waals surface area contributed by atoms with Gasteiger partial charge in [0.25, 0.3) is 0 Å². The third-order valence-electron chi connectivity index (χ3n) is 1.67. The van der Waals surface area contributed by atoms with Crippen molar-refractivity contribution in [2.45, 2.75) is 0 Å². The molecule has 0 radical (unpaired) electrons. The van der Waals surface area contributed by atoms with Gasteiger partial charge in [-0.25, -0.2) is 4.39 Å². The summed E-state index contributed by atoms with van der Waals surface area (Å²) in [4.78, 5) is 0. The molecule has 0 heterocycles. The zero-order chi connectivity index (χ0) is 12.1. The molecule has 0 saturated heterocycles. The van der Waals surface area contributed by atoms with Crippen molar-refractivity contribution in [1.82, 2.24) is 0 Å². The first-order chi connectivity index (χ1) is 7.56. The molecule has 0 amide bonds. The molecule has 7 heteroatoms. The van der Waals surface area contributed by atoms with E-state index in [2.05, 4.69) is 10.2 Å². The van der Waals surface area contributed by atoms with E-state index in [1.54, 1.807) is 0 Å². The minimum atomic E-state index is -0.541. The van der Waals surface area contributed by atoms with E-state index in [1.165, 1.54) is 19.2 Å². The summed E-state index contributed by atoms with van der Waals surface area (Å²) in [5, 5.41) is 6.91. The zero-order valence-electron chi connectivity index (χ0n) is 8.45. The van der Waals surface area contributed by atoms with Crippen molar-refractivity contribution in [3.8, 4) is 5.75 Å². The van der Waals surface area contributed by atoms with Gasteiger partial charge in [-0.1, -0.05) is 11.6 Å². The summed E-state index contributed by atoms with van der Waals surface area (Å²) in [6.07, 6.45) is 1.11. The molecule has 0 saturated carbocycles. The van der Waals surface area contributed by atoms with E-state index in [4.69, 9.17) is 27.8 Å². The summed E-state index contributed by atoms with van der Waals surface area (Å²) < 4.78 is 18.3. The van der Waals surface area contributed by atoms with Crippen molar-refractivity contribution in [3.05, 3.63) is 28.5 Å². The molecule has 0 bridgehead atoms. The smallest absolute Gasteiger partial charge is 0.211 e. The van der Waals surface area contributed by atoms with Gasteiger partial charge in [-0.2, -0.15) is 5.10 Å². The highest BCUT2D eigenvalue weighted by molar-refractivity contribution is 6.34. The van der Waals surface area contributed by atoms with Gasteiger partial charge in [0.1, 0.15) is 11.6 Å². The normalized spacial score (nSPS) is 10.4. The van der Waals surface area contributed by atoms with Crippen LogP contribution in [-0.2, 0) is 0 Å². The van der Waals surface area contributed by atoms with Crippen LogP contribution in [0.2, 0.25) is 5.02 Å². The molecule has 0 unspecified atom stereocenters. The topological polar surface area (TPSA) is 86.0 Å². The number of guanidine groups is 1. The van der Waals surface area contributed by atoms with Gasteiger partial charge < -0.3 is 16.2 Å². The molecule has 1 aromatic carbocycles. The number of methoxy groups -OCH3 is 1. The summed E-state index contributed by atoms with van der Waals surface area (Å²) in [5.74, 6) is -0.426. The number of nitrogens with zero attached hydrogens (tertiary/aromatic N) is 2. The number of benzene rings is 1. The molecule has 0 aliphatic heterocycles. The molecule has 0 aliphatic carbocycles. The molecule has 4 N–H and O–H groups in total. The Balaban J connectivity index is 3.12. The number of rotatable bonds is 3. The highest BCUT2D eigenvalue weighted by Gasteiger charge is 2.10. The number of hydrogen-bond acceptors (Lipinski definition) is 3. The largest absolute Gasteiger partial charge is 0.495 e. The second-order valence-electron chi connectivity index (χ2n) is 2.75. The zero-order valence-corrected chi connectivity index (χ0v) is 9.20. The number of halogens is 2. The average Bonchev–Trinajstić information content (AvgIpc) is 2.23. The Bertz CT molecular complexity index is 443. The van der Waals surface area contributed by atoms with E-state index < -0.39 is 5.82 Å². The molecule has 0 aliphatic rings. The van der Waals surface area contributed by atoms with E-state index in [1.807, 2.05) is 0 Å². The van der Waals surface area contributed by atoms with Crippen LogP contribution < -0.4 is 16.2 Å². The maximum atomic E-state index is 13.3. The Morgan fingerprint density at radius 2 is 2.19 bits per heavy atom. The van der Waals surface area contributed by atoms with Crippen LogP contribution in [0.5, 0.6) is 5.75 Å². The van der Waals surface area contributed by atoms with Crippen LogP contribution in [0.25, 0.3) is 0 Å². The predicted octanol–water partition coefficient (Wildman–Crippen LogP) is 1.10. The lowest BCUT2D eigenvalue weighted by molar-refractivity contribution is 0.414. The Morgan fingerprint density at radius 1 is 1.50 bits per heavy atom. The van der Waals surface area contributed by atoms with E-state index >= 15 is 0 Å². The lowest BCUT2D eigenvalue weighted by Crippen LogP contribution is -2.21. The highest BCUT2D eigenvalue weighted by Crippen LogP contribution is 2.28. The van der Waals surface area contributed by atoms with Crippen LogP contribution in [0.3, 0.4) is 0 Å². The van der Waals surface area contributed by atoms with Crippen LogP contribution in [0, 0.1) is 5.82 Å². The van der Waals surface area contributed by atoms with Crippen molar-refractivity contribution in [1.29, 1.82) is 0 Å². The van der Waals surface area contributed by atoms with Gasteiger partial charge in [0.05, 0.1) is 23.9 Å². The van der Waals surface area contributed by atoms with E-state index in [-0.39, 0.29) is 16.5 Å². The summed E-state index contributed by atoms with van der Waals surface area (Å²) in [6, 6.07) is 2.62. The number of nitrogens with two attached hydrogens (primary N) is 2. The van der Waals surface area contributed by atoms with Gasteiger partial charge in [0, 0.05) is 0 Å². The predicted molar refractivity (Wildman–Crippen MR) is 61.4 cm³/mol. The summed E-state index contributed by atoms with van der Waals surface area (Å²) >= 11 is 5.86. The van der Waals surface area contributed by atoms with Crippen molar-refractivity contribution in [2.75, 3.05) is 7.11 Å². The fraction of sp³-hybridized carbons (Fsp3) is 0.111. The second-order valence-corrected chi connectivity index (χ2v) is 3.12. The first kappa shape index (κ1) is 12.3. The van der Waals surface area contributed by atoms with Crippen LogP contribution in [0.4, 0.5) is 4.39 Å². The minimum Gasteiger partial charge on any atom is -0.495 e. The summed E-state index contributed by atoms with van der Waals surface area (Å²) in [7, 11) is 1.43. The van der Waals surface area contributed by atoms with Crippen molar-refractivity contribution >= 4 is 23.8 Å². The first-order valence-corrected chi connectivity index (χ1v) is 4.58. The quantitative estimate of drug-likeness (QED) is 0.474. The van der Waals surface area contributed by atoms with Gasteiger partial charge in [-0.3, -0.25) is 0 Å². The molecule has 1 aromatic rings. The minimum absolute atomic E-state index is 0.0611. The SMILES string of the molecule is COc1ccc(F)c(C=NN=C(N)N)c1Cl. The molecular formula is C9H10ClFN4O. The lowest BCUT2D eigenvalue weighted by atomic mass is 10.2. The molecule has 0 aromatic heterocycles. The molecule has 0 fully saturated rings. The number of ether oxygens (including phenoxy) is 1. The van der Waals surface area contributed by atoms with Crippen molar-refractivity contribution < 1.29 is 9.13 Å². The molecule has 86 valence electrons. The van der Waals surface area contributed by atoms with E-state index in [9.17, 15) is 4.39 Å². The van der Waals surface area contributed by atoms with E-state index in [0.717, 1.165) is 6.21 Å². The highest BCUT2D eigenvalue weighted by atomic mass is 35.5. The van der Waals surface area contributed by atoms with Crippen LogP contribution in [0.1, 0.15) is 5.56 Å². The van der Waals surface area contributed by atoms with Crippen molar-refractivity contribution in [3.63, 3.8) is 0 Å². The molecule has 5 nitrogen and oxygen atoms in total. The molecule has 0 atom stereocenters. The van der Waals surface area contributed by atoms with Crippen LogP contribution in [-0.4, -0.2) is 19.3 Å². The van der Waals surface area contributed by atoms with Gasteiger partial charge in [0.2, 0.25) is 5.96 Å². The van der Waals surface area contributed by atoms with Gasteiger partial charge in [-0.05, 0) is 12.1 Å². The Labute approximate surface area is 96.5 Å². The summed E-state index contributed by atoms with van der Waals surface area (Å²) in [6.45, 7) is 0. The van der Waals surface area contributed by atoms with Gasteiger partial charge in [-0.15, -0.1) is 5.10 Å². The lowest BCUT2D eigenvalue weighted by Gasteiger charge is -2.05. The third-order valence-corrected chi connectivity index (χ3v) is 2.06. The van der Waals surface area contributed by atoms with E-state index in [0.29, 0.717) is 5.75 Å². The van der Waals surface area contributed by atoms with Gasteiger partial charge >= 0.3 is 0 Å². The first-order valence-electron chi connectivity index (χ1n) is 4.20. The Kier molecular flexibility index (Phi) is 4.07. The molecule has 1 rings (SSSR count). The van der Waals surface area contributed by atoms with Gasteiger partial charge in [0.15, 0.2) is 0 Å². The standard InChI is InChI=1S/C9H10ClFN4O/c1-16-7-3-2-6(11)5(8(7)10)4-14-15-9(12)13/h2-4H,1H3,(H4,12,13,15). The maximum Gasteiger partial charge on any atom is 0.211 e. The Hall–Kier alpha value is -1.82. The Morgan fingerprint density at radius 3 is 2.75 bits per heavy atom. The molecular weight excluding hydrogens is 235 g/mol. The second kappa shape index (κ2) is 5.32. The fourth-order valence-corrected chi connectivity index (χ4v) is 1.26. The third kappa shape index (κ3) is 2.83. The van der Waals surface area contributed by atoms with Crippen LogP contribution in [0.15, 0.2) is 22.3 Å². The maximum absolute atomic E-state index is 13.3. The molecule has 16 heavy (non-hydrogen) atoms. The van der Waals surface area contributed by atoms with Crippen molar-refractivity contribution in [2.24, 2.45) is 21.7 Å². The molecule has 0 spiro atoms.